The molecule has 0 bridgehead atoms. The molecule has 30 heavy (non-hydrogen) atoms. The van der Waals surface area contributed by atoms with Crippen molar-refractivity contribution >= 4 is 5.97 Å². The second-order valence-electron chi connectivity index (χ2n) is 9.69. The van der Waals surface area contributed by atoms with Crippen molar-refractivity contribution in [3.8, 4) is 0 Å². The van der Waals surface area contributed by atoms with Gasteiger partial charge in [0.1, 0.15) is 0 Å². The van der Waals surface area contributed by atoms with Gasteiger partial charge in [-0.05, 0) is 78.8 Å². The number of rotatable bonds is 8. The molecule has 0 aliphatic heterocycles. The number of carbonyl (C=O) groups is 1. The van der Waals surface area contributed by atoms with E-state index in [1.54, 1.807) is 6.07 Å². The lowest BCUT2D eigenvalue weighted by Crippen LogP contribution is -2.27. The van der Waals surface area contributed by atoms with Gasteiger partial charge in [-0.1, -0.05) is 65.0 Å². The van der Waals surface area contributed by atoms with E-state index in [-0.39, 0.29) is 16.9 Å². The first-order valence-corrected chi connectivity index (χ1v) is 11.1. The van der Waals surface area contributed by atoms with Gasteiger partial charge in [0.05, 0.1) is 11.7 Å². The predicted molar refractivity (Wildman–Crippen MR) is 124 cm³/mol. The molecule has 2 aromatic carbocycles. The van der Waals surface area contributed by atoms with Gasteiger partial charge in [0.25, 0.3) is 0 Å². The van der Waals surface area contributed by atoms with E-state index in [1.807, 2.05) is 19.1 Å². The molecule has 3 heteroatoms. The van der Waals surface area contributed by atoms with Crippen LogP contribution in [0, 0.1) is 19.3 Å². The molecule has 2 rings (SSSR count). The zero-order valence-corrected chi connectivity index (χ0v) is 19.7. The molecule has 0 fully saturated rings. The number of hydrogen-bond donors (Lipinski definition) is 2. The van der Waals surface area contributed by atoms with Crippen LogP contribution in [0.3, 0.4) is 0 Å². The average molecular weight is 411 g/mol. The lowest BCUT2D eigenvalue weighted by molar-refractivity contribution is 0.0559. The molecule has 0 heterocycles. The van der Waals surface area contributed by atoms with Crippen molar-refractivity contribution in [3.05, 3.63) is 69.8 Å². The second kappa shape index (κ2) is 9.34. The van der Waals surface area contributed by atoms with Gasteiger partial charge in [-0.25, -0.2) is 4.79 Å². The summed E-state index contributed by atoms with van der Waals surface area (Å²) in [5, 5.41) is 19.8. The Morgan fingerprint density at radius 2 is 1.47 bits per heavy atom. The Labute approximate surface area is 182 Å². The monoisotopic (exact) mass is 410 g/mol. The van der Waals surface area contributed by atoms with Crippen molar-refractivity contribution in [1.29, 1.82) is 0 Å². The third-order valence-corrected chi connectivity index (χ3v) is 6.80. The van der Waals surface area contributed by atoms with Crippen LogP contribution in [0.25, 0.3) is 0 Å². The molecule has 0 spiro atoms. The summed E-state index contributed by atoms with van der Waals surface area (Å²) in [5.74, 6) is -0.879. The molecule has 0 saturated heterocycles. The first kappa shape index (κ1) is 24.1. The molecule has 0 aliphatic rings. The van der Waals surface area contributed by atoms with Crippen LogP contribution in [0.1, 0.15) is 92.1 Å². The summed E-state index contributed by atoms with van der Waals surface area (Å²) in [7, 11) is 0. The van der Waals surface area contributed by atoms with Crippen LogP contribution in [0.4, 0.5) is 0 Å². The summed E-state index contributed by atoms with van der Waals surface area (Å²) in [6.07, 6.45) is 3.18. The standard InChI is InChI=1S/C27H38O3/c1-8-27(9-2,22-13-14-23(25(29)30)19(4)17-22)21-12-10-20(18(3)16-21)11-15-24(28)26(5,6)7/h10,12-14,16-17,24,28H,8-9,11,15H2,1-7H3,(H,29,30). The molecule has 0 aromatic heterocycles. The maximum Gasteiger partial charge on any atom is 0.335 e. The molecule has 0 radical (unpaired) electrons. The van der Waals surface area contributed by atoms with Crippen LogP contribution >= 0.6 is 0 Å². The van der Waals surface area contributed by atoms with E-state index < -0.39 is 5.97 Å². The molecule has 1 atom stereocenters. The van der Waals surface area contributed by atoms with E-state index in [0.29, 0.717) is 5.56 Å². The molecule has 2 aromatic rings. The van der Waals surface area contributed by atoms with Crippen molar-refractivity contribution in [2.75, 3.05) is 0 Å². The van der Waals surface area contributed by atoms with Crippen molar-refractivity contribution < 1.29 is 15.0 Å². The summed E-state index contributed by atoms with van der Waals surface area (Å²) in [6.45, 7) is 14.6. The minimum Gasteiger partial charge on any atom is -0.478 e. The number of carboxylic acid groups (broad SMARTS) is 1. The van der Waals surface area contributed by atoms with Gasteiger partial charge in [-0.15, -0.1) is 0 Å². The molecule has 0 saturated carbocycles. The third kappa shape index (κ3) is 4.95. The molecular weight excluding hydrogens is 372 g/mol. The number of aryl methyl sites for hydroxylation is 3. The lowest BCUT2D eigenvalue weighted by Gasteiger charge is -2.34. The summed E-state index contributed by atoms with van der Waals surface area (Å²) in [6, 6.07) is 12.5. The first-order chi connectivity index (χ1) is 14.0. The van der Waals surface area contributed by atoms with E-state index in [9.17, 15) is 15.0 Å². The summed E-state index contributed by atoms with van der Waals surface area (Å²) in [4.78, 5) is 11.4. The van der Waals surface area contributed by atoms with Crippen molar-refractivity contribution in [2.24, 2.45) is 5.41 Å². The maximum atomic E-state index is 11.4. The van der Waals surface area contributed by atoms with E-state index in [1.165, 1.54) is 22.3 Å². The number of aliphatic hydroxyl groups is 1. The highest BCUT2D eigenvalue weighted by molar-refractivity contribution is 5.89. The topological polar surface area (TPSA) is 57.5 Å². The highest BCUT2D eigenvalue weighted by atomic mass is 16.4. The Hall–Kier alpha value is -2.13. The molecule has 2 N–H and O–H groups in total. The Balaban J connectivity index is 2.40. The van der Waals surface area contributed by atoms with Crippen LogP contribution < -0.4 is 0 Å². The van der Waals surface area contributed by atoms with E-state index in [2.05, 4.69) is 59.7 Å². The van der Waals surface area contributed by atoms with Crippen LogP contribution in [0.15, 0.2) is 36.4 Å². The highest BCUT2D eigenvalue weighted by Crippen LogP contribution is 2.40. The molecule has 3 nitrogen and oxygen atoms in total. The van der Waals surface area contributed by atoms with Gasteiger partial charge in [-0.3, -0.25) is 0 Å². The molecular formula is C27H38O3. The SMILES string of the molecule is CCC(CC)(c1ccc(CCC(O)C(C)(C)C)c(C)c1)c1ccc(C(=O)O)c(C)c1. The zero-order valence-electron chi connectivity index (χ0n) is 19.7. The number of aromatic carboxylic acids is 1. The third-order valence-electron chi connectivity index (χ3n) is 6.80. The fraction of sp³-hybridized carbons (Fsp3) is 0.519. The molecule has 164 valence electrons. The number of aliphatic hydroxyl groups excluding tert-OH is 1. The molecule has 0 amide bonds. The van der Waals surface area contributed by atoms with E-state index in [0.717, 1.165) is 31.2 Å². The van der Waals surface area contributed by atoms with E-state index >= 15 is 0 Å². The Kier molecular flexibility index (Phi) is 7.52. The minimum atomic E-state index is -0.879. The summed E-state index contributed by atoms with van der Waals surface area (Å²) in [5.41, 5.74) is 5.89. The van der Waals surface area contributed by atoms with Crippen molar-refractivity contribution in [1.82, 2.24) is 0 Å². The van der Waals surface area contributed by atoms with Crippen molar-refractivity contribution in [2.45, 2.75) is 85.7 Å². The first-order valence-electron chi connectivity index (χ1n) is 11.1. The Bertz CT molecular complexity index is 885. The summed E-state index contributed by atoms with van der Waals surface area (Å²) >= 11 is 0. The van der Waals surface area contributed by atoms with Crippen LogP contribution in [-0.2, 0) is 11.8 Å². The largest absolute Gasteiger partial charge is 0.478 e. The predicted octanol–water partition coefficient (Wildman–Crippen LogP) is 6.45. The maximum absolute atomic E-state index is 11.4. The van der Waals surface area contributed by atoms with Crippen LogP contribution in [-0.4, -0.2) is 22.3 Å². The van der Waals surface area contributed by atoms with E-state index in [4.69, 9.17) is 0 Å². The highest BCUT2D eigenvalue weighted by Gasteiger charge is 2.31. The lowest BCUT2D eigenvalue weighted by atomic mass is 9.69. The fourth-order valence-corrected chi connectivity index (χ4v) is 4.43. The zero-order chi connectivity index (χ0) is 22.7. The second-order valence-corrected chi connectivity index (χ2v) is 9.69. The van der Waals surface area contributed by atoms with Crippen LogP contribution in [0.5, 0.6) is 0 Å². The average Bonchev–Trinajstić information content (AvgIpc) is 2.67. The molecule has 1 unspecified atom stereocenters. The van der Waals surface area contributed by atoms with Gasteiger partial charge in [0.15, 0.2) is 0 Å². The van der Waals surface area contributed by atoms with Gasteiger partial charge in [0, 0.05) is 5.41 Å². The normalized spacial score (nSPS) is 13.3. The fourth-order valence-electron chi connectivity index (χ4n) is 4.43. The van der Waals surface area contributed by atoms with Gasteiger partial charge < -0.3 is 10.2 Å². The van der Waals surface area contributed by atoms with Crippen molar-refractivity contribution in [3.63, 3.8) is 0 Å². The smallest absolute Gasteiger partial charge is 0.335 e. The number of benzene rings is 2. The van der Waals surface area contributed by atoms with Gasteiger partial charge >= 0.3 is 5.97 Å². The Morgan fingerprint density at radius 3 is 1.90 bits per heavy atom. The van der Waals surface area contributed by atoms with Crippen LogP contribution in [0.2, 0.25) is 0 Å². The van der Waals surface area contributed by atoms with Gasteiger partial charge in [0.2, 0.25) is 0 Å². The quantitative estimate of drug-likeness (QED) is 0.526. The number of hydrogen-bond acceptors (Lipinski definition) is 2. The minimum absolute atomic E-state index is 0.104. The Morgan fingerprint density at radius 1 is 0.933 bits per heavy atom. The van der Waals surface area contributed by atoms with Gasteiger partial charge in [-0.2, -0.15) is 0 Å². The summed E-state index contributed by atoms with van der Waals surface area (Å²) < 4.78 is 0. The number of carboxylic acids is 1. The molecule has 0 aliphatic carbocycles.